The molecule has 76 valence electrons. The van der Waals surface area contributed by atoms with Crippen LogP contribution in [0.2, 0.25) is 0 Å². The first-order valence-corrected chi connectivity index (χ1v) is 5.92. The van der Waals surface area contributed by atoms with Crippen LogP contribution in [0.25, 0.3) is 0 Å². The summed E-state index contributed by atoms with van der Waals surface area (Å²) in [6.07, 6.45) is 7.39. The predicted octanol–water partition coefficient (Wildman–Crippen LogP) is 2.29. The highest BCUT2D eigenvalue weighted by Crippen LogP contribution is 2.86. The van der Waals surface area contributed by atoms with Crippen molar-refractivity contribution in [3.05, 3.63) is 0 Å². The van der Waals surface area contributed by atoms with Crippen LogP contribution >= 0.6 is 0 Å². The van der Waals surface area contributed by atoms with Gasteiger partial charge in [-0.05, 0) is 55.3 Å². The minimum absolute atomic E-state index is 0.236. The molecule has 6 aliphatic carbocycles. The molecule has 6 aliphatic rings. The molecule has 0 aromatic heterocycles. The summed E-state index contributed by atoms with van der Waals surface area (Å²) in [5, 5.41) is 9.42. The second-order valence-electron chi connectivity index (χ2n) is 6.12. The fraction of sp³-hybridized carbons (Fsp3) is 0.917. The molecule has 5 unspecified atom stereocenters. The van der Waals surface area contributed by atoms with Crippen molar-refractivity contribution < 1.29 is 9.90 Å². The van der Waals surface area contributed by atoms with Gasteiger partial charge in [-0.2, -0.15) is 0 Å². The van der Waals surface area contributed by atoms with Crippen LogP contribution in [0.5, 0.6) is 0 Å². The number of aliphatic carboxylic acids is 1. The number of carboxylic acid groups (broad SMARTS) is 1. The minimum atomic E-state index is -0.473. The molecule has 0 aliphatic heterocycles. The lowest BCUT2D eigenvalue weighted by molar-refractivity contribution is -0.152. The molecule has 0 aromatic carbocycles. The quantitative estimate of drug-likeness (QED) is 0.692. The largest absolute Gasteiger partial charge is 0.481 e. The third-order valence-electron chi connectivity index (χ3n) is 5.97. The fourth-order valence-corrected chi connectivity index (χ4v) is 5.40. The van der Waals surface area contributed by atoms with Crippen molar-refractivity contribution in [3.63, 3.8) is 0 Å². The zero-order valence-corrected chi connectivity index (χ0v) is 8.33. The van der Waals surface area contributed by atoms with Gasteiger partial charge in [0.2, 0.25) is 0 Å². The van der Waals surface area contributed by atoms with E-state index in [0.717, 1.165) is 30.6 Å². The SMILES string of the molecule is O=C(O)C12CC3CCC4CC(C3)C41C2. The van der Waals surface area contributed by atoms with Crippen LogP contribution in [-0.2, 0) is 4.79 Å². The van der Waals surface area contributed by atoms with E-state index in [2.05, 4.69) is 0 Å². The third-order valence-corrected chi connectivity index (χ3v) is 5.97. The predicted molar refractivity (Wildman–Crippen MR) is 50.7 cm³/mol. The summed E-state index contributed by atoms with van der Waals surface area (Å²) >= 11 is 0. The van der Waals surface area contributed by atoms with Gasteiger partial charge >= 0.3 is 5.97 Å². The summed E-state index contributed by atoms with van der Waals surface area (Å²) in [7, 11) is 0. The van der Waals surface area contributed by atoms with Crippen molar-refractivity contribution in [2.45, 2.75) is 38.5 Å². The molecule has 4 bridgehead atoms. The summed E-state index contributed by atoms with van der Waals surface area (Å²) in [5.74, 6) is 1.86. The minimum Gasteiger partial charge on any atom is -0.481 e. The topological polar surface area (TPSA) is 37.3 Å². The number of carbonyl (C=O) groups is 1. The van der Waals surface area contributed by atoms with Crippen LogP contribution in [0.1, 0.15) is 38.5 Å². The molecule has 0 amide bonds. The van der Waals surface area contributed by atoms with Crippen LogP contribution in [0, 0.1) is 28.6 Å². The van der Waals surface area contributed by atoms with Gasteiger partial charge in [-0.1, -0.05) is 6.42 Å². The number of carboxylic acids is 1. The smallest absolute Gasteiger partial charge is 0.310 e. The van der Waals surface area contributed by atoms with E-state index in [1.165, 1.54) is 25.7 Å². The Labute approximate surface area is 83.7 Å². The lowest BCUT2D eigenvalue weighted by atomic mass is 9.54. The van der Waals surface area contributed by atoms with Crippen molar-refractivity contribution in [2.24, 2.45) is 28.6 Å². The third kappa shape index (κ3) is 0.535. The lowest BCUT2D eigenvalue weighted by Gasteiger charge is -2.49. The first kappa shape index (κ1) is 7.72. The van der Waals surface area contributed by atoms with Gasteiger partial charge in [-0.25, -0.2) is 0 Å². The van der Waals surface area contributed by atoms with Gasteiger partial charge in [0, 0.05) is 0 Å². The van der Waals surface area contributed by atoms with Gasteiger partial charge < -0.3 is 5.11 Å². The molecule has 14 heavy (non-hydrogen) atoms. The van der Waals surface area contributed by atoms with Crippen LogP contribution in [0.15, 0.2) is 0 Å². The van der Waals surface area contributed by atoms with Crippen LogP contribution < -0.4 is 0 Å². The molecular formula is C12H16O2. The molecule has 1 spiro atoms. The standard InChI is InChI=1S/C12H16O2/c13-10(14)11-5-7-1-2-8-4-9(3-7)12(8,11)6-11/h7-9H,1-6H2,(H,13,14). The zero-order chi connectivity index (χ0) is 9.55. The van der Waals surface area contributed by atoms with Crippen LogP contribution in [-0.4, -0.2) is 11.1 Å². The average Bonchev–Trinajstić information content (AvgIpc) is 2.84. The van der Waals surface area contributed by atoms with Crippen molar-refractivity contribution in [1.82, 2.24) is 0 Å². The van der Waals surface area contributed by atoms with Crippen LogP contribution in [0.4, 0.5) is 0 Å². The summed E-state index contributed by atoms with van der Waals surface area (Å²) in [6.45, 7) is 0. The van der Waals surface area contributed by atoms with Gasteiger partial charge in [0.05, 0.1) is 5.41 Å². The van der Waals surface area contributed by atoms with E-state index in [1.54, 1.807) is 0 Å². The van der Waals surface area contributed by atoms with Gasteiger partial charge in [0.15, 0.2) is 0 Å². The fourth-order valence-electron chi connectivity index (χ4n) is 5.40. The first-order valence-electron chi connectivity index (χ1n) is 5.92. The van der Waals surface area contributed by atoms with E-state index in [0.29, 0.717) is 5.41 Å². The molecule has 0 aromatic rings. The van der Waals surface area contributed by atoms with Gasteiger partial charge in [0.1, 0.15) is 0 Å². The maximum atomic E-state index is 11.4. The molecule has 0 radical (unpaired) electrons. The van der Waals surface area contributed by atoms with Gasteiger partial charge in [0.25, 0.3) is 0 Å². The monoisotopic (exact) mass is 192 g/mol. The molecule has 6 saturated carbocycles. The second-order valence-corrected chi connectivity index (χ2v) is 6.12. The summed E-state index contributed by atoms with van der Waals surface area (Å²) in [4.78, 5) is 11.4. The van der Waals surface area contributed by atoms with Crippen molar-refractivity contribution in [3.8, 4) is 0 Å². The summed E-state index contributed by atoms with van der Waals surface area (Å²) in [6, 6.07) is 0. The first-order chi connectivity index (χ1) is 6.69. The Balaban J connectivity index is 1.84. The molecule has 6 rings (SSSR count). The highest BCUT2D eigenvalue weighted by molar-refractivity contribution is 5.81. The zero-order valence-electron chi connectivity index (χ0n) is 8.33. The highest BCUT2D eigenvalue weighted by atomic mass is 16.4. The van der Waals surface area contributed by atoms with Crippen molar-refractivity contribution in [1.29, 1.82) is 0 Å². The number of rotatable bonds is 1. The van der Waals surface area contributed by atoms with Crippen molar-refractivity contribution >= 4 is 5.97 Å². The van der Waals surface area contributed by atoms with E-state index in [4.69, 9.17) is 0 Å². The molecule has 6 fully saturated rings. The van der Waals surface area contributed by atoms with E-state index in [-0.39, 0.29) is 5.41 Å². The maximum Gasteiger partial charge on any atom is 0.310 e. The molecule has 5 atom stereocenters. The molecule has 0 saturated heterocycles. The van der Waals surface area contributed by atoms with E-state index in [1.807, 2.05) is 0 Å². The molecule has 2 heteroatoms. The Morgan fingerprint density at radius 2 is 2.07 bits per heavy atom. The Hall–Kier alpha value is -0.530. The average molecular weight is 192 g/mol. The van der Waals surface area contributed by atoms with E-state index < -0.39 is 5.97 Å². The molecule has 0 heterocycles. The Morgan fingerprint density at radius 3 is 2.86 bits per heavy atom. The highest BCUT2D eigenvalue weighted by Gasteiger charge is 2.83. The molecular weight excluding hydrogens is 176 g/mol. The summed E-state index contributed by atoms with van der Waals surface area (Å²) in [5.41, 5.74) is 0.0752. The Kier molecular flexibility index (Phi) is 1.04. The lowest BCUT2D eigenvalue weighted by Crippen LogP contribution is -2.46. The summed E-state index contributed by atoms with van der Waals surface area (Å²) < 4.78 is 0. The van der Waals surface area contributed by atoms with E-state index in [9.17, 15) is 9.90 Å². The van der Waals surface area contributed by atoms with Gasteiger partial charge in [-0.15, -0.1) is 0 Å². The van der Waals surface area contributed by atoms with Crippen molar-refractivity contribution in [2.75, 3.05) is 0 Å². The number of hydrogen-bond acceptors (Lipinski definition) is 1. The Morgan fingerprint density at radius 1 is 1.21 bits per heavy atom. The molecule has 2 nitrogen and oxygen atoms in total. The normalized spacial score (nSPS) is 62.4. The second kappa shape index (κ2) is 1.89. The van der Waals surface area contributed by atoms with Crippen LogP contribution in [0.3, 0.4) is 0 Å². The maximum absolute atomic E-state index is 11.4. The van der Waals surface area contributed by atoms with Gasteiger partial charge in [-0.3, -0.25) is 4.79 Å². The number of hydrogen-bond donors (Lipinski definition) is 1. The van der Waals surface area contributed by atoms with E-state index >= 15 is 0 Å². The Bertz CT molecular complexity index is 331. The molecule has 1 N–H and O–H groups in total.